The summed E-state index contributed by atoms with van der Waals surface area (Å²) < 4.78 is 5.22. The van der Waals surface area contributed by atoms with Crippen molar-refractivity contribution in [1.29, 1.82) is 0 Å². The highest BCUT2D eigenvalue weighted by Gasteiger charge is 2.17. The van der Waals surface area contributed by atoms with Gasteiger partial charge in [-0.05, 0) is 5.56 Å². The number of carbonyl (C=O) groups is 1. The van der Waals surface area contributed by atoms with E-state index in [4.69, 9.17) is 4.74 Å². The minimum absolute atomic E-state index is 0.139. The van der Waals surface area contributed by atoms with Gasteiger partial charge in [0.05, 0.1) is 18.9 Å². The number of nitrogens with zero attached hydrogens (tertiary/aromatic N) is 2. The van der Waals surface area contributed by atoms with E-state index >= 15 is 0 Å². The van der Waals surface area contributed by atoms with Crippen molar-refractivity contribution >= 4 is 11.8 Å². The van der Waals surface area contributed by atoms with Crippen molar-refractivity contribution in [2.75, 3.05) is 31.6 Å². The number of benzene rings is 1. The normalized spacial score (nSPS) is 15.1. The lowest BCUT2D eigenvalue weighted by atomic mass is 10.2. The predicted octanol–water partition coefficient (Wildman–Crippen LogP) is 1.94. The molecule has 104 valence electrons. The molecule has 0 aliphatic carbocycles. The summed E-state index contributed by atoms with van der Waals surface area (Å²) in [5.74, 6) is 0.528. The second-order valence-corrected chi connectivity index (χ2v) is 4.56. The number of urea groups is 1. The average molecular weight is 272 g/mol. The van der Waals surface area contributed by atoms with E-state index in [1.807, 2.05) is 36.4 Å². The maximum atomic E-state index is 12.0. The Morgan fingerprint density at radius 2 is 2.00 bits per heavy atom. The van der Waals surface area contributed by atoms with Gasteiger partial charge in [-0.3, -0.25) is 10.4 Å². The van der Waals surface area contributed by atoms with Gasteiger partial charge in [-0.15, -0.1) is 0 Å². The Balaban J connectivity index is 1.66. The number of carbonyl (C=O) groups excluding carboxylic acids is 1. The van der Waals surface area contributed by atoms with Crippen molar-refractivity contribution in [1.82, 2.24) is 15.1 Å². The summed E-state index contributed by atoms with van der Waals surface area (Å²) in [4.78, 5) is 13.7. The van der Waals surface area contributed by atoms with Gasteiger partial charge in [-0.2, -0.15) is 5.10 Å². The molecule has 6 heteroatoms. The molecule has 2 heterocycles. The van der Waals surface area contributed by atoms with E-state index in [-0.39, 0.29) is 6.03 Å². The van der Waals surface area contributed by atoms with Gasteiger partial charge in [-0.25, -0.2) is 4.79 Å². The Morgan fingerprint density at radius 3 is 2.75 bits per heavy atom. The fourth-order valence-corrected chi connectivity index (χ4v) is 2.11. The molecule has 1 aliphatic rings. The lowest BCUT2D eigenvalue weighted by Gasteiger charge is -2.26. The number of aromatic nitrogens is 2. The second kappa shape index (κ2) is 5.75. The molecule has 2 N–H and O–H groups in total. The number of amides is 2. The Hall–Kier alpha value is -2.34. The number of nitrogens with one attached hydrogen (secondary N) is 2. The lowest BCUT2D eigenvalue weighted by Crippen LogP contribution is -2.43. The highest BCUT2D eigenvalue weighted by atomic mass is 16.5. The van der Waals surface area contributed by atoms with E-state index < -0.39 is 0 Å². The summed E-state index contributed by atoms with van der Waals surface area (Å²) in [7, 11) is 0. The third-order valence-electron chi connectivity index (χ3n) is 3.20. The number of ether oxygens (including phenoxy) is 1. The van der Waals surface area contributed by atoms with Gasteiger partial charge in [-0.1, -0.05) is 30.3 Å². The van der Waals surface area contributed by atoms with Crippen LogP contribution in [0.1, 0.15) is 0 Å². The van der Waals surface area contributed by atoms with Crippen molar-refractivity contribution in [3.05, 3.63) is 36.4 Å². The Bertz CT molecular complexity index is 576. The van der Waals surface area contributed by atoms with Crippen LogP contribution in [0.3, 0.4) is 0 Å². The zero-order valence-corrected chi connectivity index (χ0v) is 11.0. The van der Waals surface area contributed by atoms with Crippen LogP contribution in [0.25, 0.3) is 11.3 Å². The first-order chi connectivity index (χ1) is 9.83. The van der Waals surface area contributed by atoms with Gasteiger partial charge in [0.2, 0.25) is 0 Å². The van der Waals surface area contributed by atoms with Crippen molar-refractivity contribution in [3.63, 3.8) is 0 Å². The molecule has 1 fully saturated rings. The van der Waals surface area contributed by atoms with Crippen LogP contribution in [-0.4, -0.2) is 47.4 Å². The predicted molar refractivity (Wildman–Crippen MR) is 75.4 cm³/mol. The molecule has 0 bridgehead atoms. The van der Waals surface area contributed by atoms with E-state index in [1.165, 1.54) is 0 Å². The van der Waals surface area contributed by atoms with Crippen LogP contribution < -0.4 is 5.32 Å². The van der Waals surface area contributed by atoms with Crippen LogP contribution >= 0.6 is 0 Å². The number of aromatic amines is 1. The van der Waals surface area contributed by atoms with Crippen molar-refractivity contribution < 1.29 is 9.53 Å². The fraction of sp³-hybridized carbons (Fsp3) is 0.286. The number of anilines is 1. The van der Waals surface area contributed by atoms with Crippen LogP contribution in [-0.2, 0) is 4.74 Å². The number of rotatable bonds is 2. The van der Waals surface area contributed by atoms with E-state index in [0.717, 1.165) is 11.3 Å². The SMILES string of the molecule is O=C(Nc1cc(-c2ccccc2)[nH]n1)N1CCOCC1. The molecular weight excluding hydrogens is 256 g/mol. The van der Waals surface area contributed by atoms with Gasteiger partial charge in [0, 0.05) is 19.2 Å². The Kier molecular flexibility index (Phi) is 3.64. The Labute approximate surface area is 116 Å². The van der Waals surface area contributed by atoms with Crippen LogP contribution in [0.5, 0.6) is 0 Å². The zero-order valence-electron chi connectivity index (χ0n) is 11.0. The first kappa shape index (κ1) is 12.7. The molecule has 1 saturated heterocycles. The van der Waals surface area contributed by atoms with E-state index in [1.54, 1.807) is 4.90 Å². The summed E-state index contributed by atoms with van der Waals surface area (Å²) in [5.41, 5.74) is 1.91. The summed E-state index contributed by atoms with van der Waals surface area (Å²) in [6.45, 7) is 2.40. The van der Waals surface area contributed by atoms with Gasteiger partial charge in [0.1, 0.15) is 0 Å². The Morgan fingerprint density at radius 1 is 1.25 bits per heavy atom. The number of hydrogen-bond donors (Lipinski definition) is 2. The molecule has 0 atom stereocenters. The first-order valence-electron chi connectivity index (χ1n) is 6.57. The fourth-order valence-electron chi connectivity index (χ4n) is 2.11. The molecule has 3 rings (SSSR count). The first-order valence-corrected chi connectivity index (χ1v) is 6.57. The van der Waals surface area contributed by atoms with E-state index in [9.17, 15) is 4.79 Å². The number of hydrogen-bond acceptors (Lipinski definition) is 3. The minimum Gasteiger partial charge on any atom is -0.378 e. The van der Waals surface area contributed by atoms with E-state index in [2.05, 4.69) is 15.5 Å². The van der Waals surface area contributed by atoms with Crippen LogP contribution in [0.4, 0.5) is 10.6 Å². The maximum absolute atomic E-state index is 12.0. The molecule has 1 aromatic carbocycles. The topological polar surface area (TPSA) is 70.2 Å². The molecule has 2 aromatic rings. The number of H-pyrrole nitrogens is 1. The third-order valence-corrected chi connectivity index (χ3v) is 3.20. The molecule has 1 aromatic heterocycles. The maximum Gasteiger partial charge on any atom is 0.323 e. The van der Waals surface area contributed by atoms with Gasteiger partial charge < -0.3 is 9.64 Å². The molecule has 20 heavy (non-hydrogen) atoms. The molecular formula is C14H16N4O2. The van der Waals surface area contributed by atoms with Crippen LogP contribution in [0.2, 0.25) is 0 Å². The molecule has 0 saturated carbocycles. The largest absolute Gasteiger partial charge is 0.378 e. The molecule has 0 unspecified atom stereocenters. The number of morpholine rings is 1. The standard InChI is InChI=1S/C14H16N4O2/c19-14(18-6-8-20-9-7-18)15-13-10-12(16-17-13)11-4-2-1-3-5-11/h1-5,10H,6-9H2,(H2,15,16,17,19). The molecule has 0 radical (unpaired) electrons. The zero-order chi connectivity index (χ0) is 13.8. The average Bonchev–Trinajstić information content (AvgIpc) is 2.97. The van der Waals surface area contributed by atoms with Gasteiger partial charge >= 0.3 is 6.03 Å². The summed E-state index contributed by atoms with van der Waals surface area (Å²) in [5, 5.41) is 9.83. The quantitative estimate of drug-likeness (QED) is 0.877. The van der Waals surface area contributed by atoms with Crippen molar-refractivity contribution in [2.24, 2.45) is 0 Å². The van der Waals surface area contributed by atoms with E-state index in [0.29, 0.717) is 32.1 Å². The summed E-state index contributed by atoms with van der Waals surface area (Å²) in [6.07, 6.45) is 0. The van der Waals surface area contributed by atoms with Gasteiger partial charge in [0.15, 0.2) is 5.82 Å². The second-order valence-electron chi connectivity index (χ2n) is 4.56. The minimum atomic E-state index is -0.139. The molecule has 2 amide bonds. The molecule has 1 aliphatic heterocycles. The van der Waals surface area contributed by atoms with Crippen molar-refractivity contribution in [2.45, 2.75) is 0 Å². The summed E-state index contributed by atoms with van der Waals surface area (Å²) >= 11 is 0. The van der Waals surface area contributed by atoms with Crippen molar-refractivity contribution in [3.8, 4) is 11.3 Å². The molecule has 6 nitrogen and oxygen atoms in total. The highest BCUT2D eigenvalue weighted by molar-refractivity contribution is 5.89. The smallest absolute Gasteiger partial charge is 0.323 e. The van der Waals surface area contributed by atoms with Crippen LogP contribution in [0.15, 0.2) is 36.4 Å². The molecule has 0 spiro atoms. The lowest BCUT2D eigenvalue weighted by molar-refractivity contribution is 0.0564. The van der Waals surface area contributed by atoms with Crippen LogP contribution in [0, 0.1) is 0 Å². The van der Waals surface area contributed by atoms with Gasteiger partial charge in [0.25, 0.3) is 0 Å². The third kappa shape index (κ3) is 2.80. The highest BCUT2D eigenvalue weighted by Crippen LogP contribution is 2.19. The summed E-state index contributed by atoms with van der Waals surface area (Å²) in [6, 6.07) is 11.5. The monoisotopic (exact) mass is 272 g/mol.